The molecule has 0 radical (unpaired) electrons. The average molecular weight is 385 g/mol. The summed E-state index contributed by atoms with van der Waals surface area (Å²) in [6.45, 7) is 0.695. The molecule has 2 aromatic rings. The first-order valence-corrected chi connectivity index (χ1v) is 9.34. The molecule has 2 aliphatic rings. The van der Waals surface area contributed by atoms with E-state index in [0.29, 0.717) is 32.4 Å². The van der Waals surface area contributed by atoms with Crippen LogP contribution in [0.1, 0.15) is 28.8 Å². The maximum atomic E-state index is 13.9. The van der Waals surface area contributed by atoms with Gasteiger partial charge in [-0.25, -0.2) is 8.78 Å². The Kier molecular flexibility index (Phi) is 4.85. The number of carbonyl (C=O) groups is 2. The minimum Gasteiger partial charge on any atom is -0.338 e. The van der Waals surface area contributed by atoms with Gasteiger partial charge in [0.1, 0.15) is 0 Å². The zero-order chi connectivity index (χ0) is 19.7. The number of carbonyl (C=O) groups excluding carboxylic acids is 2. The lowest BCUT2D eigenvalue weighted by molar-refractivity contribution is -0.121. The topological polar surface area (TPSA) is 61.4 Å². The molecule has 2 aliphatic heterocycles. The minimum atomic E-state index is -1.12. The normalized spacial score (nSPS) is 21.0. The van der Waals surface area contributed by atoms with E-state index in [4.69, 9.17) is 0 Å². The summed E-state index contributed by atoms with van der Waals surface area (Å²) in [6.07, 6.45) is 1.60. The van der Waals surface area contributed by atoms with Crippen molar-refractivity contribution in [2.45, 2.75) is 31.0 Å². The van der Waals surface area contributed by atoms with Crippen LogP contribution in [0.5, 0.6) is 0 Å². The van der Waals surface area contributed by atoms with Crippen molar-refractivity contribution in [1.29, 1.82) is 0 Å². The van der Waals surface area contributed by atoms with Crippen molar-refractivity contribution in [3.8, 4) is 0 Å². The third kappa shape index (κ3) is 3.49. The summed E-state index contributed by atoms with van der Waals surface area (Å²) >= 11 is 0. The number of piperidine rings is 1. The number of halogens is 2. The number of rotatable bonds is 3. The number of amides is 2. The molecule has 1 unspecified atom stereocenters. The molecule has 2 fully saturated rings. The van der Waals surface area contributed by atoms with Crippen molar-refractivity contribution in [3.05, 3.63) is 71.3 Å². The monoisotopic (exact) mass is 385 g/mol. The fraction of sp³-hybridized carbons (Fsp3) is 0.333. The molecule has 146 valence electrons. The number of nitrogens with zero attached hydrogens (tertiary/aromatic N) is 1. The van der Waals surface area contributed by atoms with Crippen LogP contribution in [0, 0.1) is 11.6 Å². The van der Waals surface area contributed by atoms with E-state index in [-0.39, 0.29) is 17.5 Å². The Balaban J connectivity index is 1.40. The van der Waals surface area contributed by atoms with Crippen LogP contribution in [0.3, 0.4) is 0 Å². The van der Waals surface area contributed by atoms with E-state index in [1.54, 1.807) is 0 Å². The van der Waals surface area contributed by atoms with E-state index in [9.17, 15) is 18.4 Å². The van der Waals surface area contributed by atoms with Crippen LogP contribution in [0.4, 0.5) is 8.78 Å². The highest BCUT2D eigenvalue weighted by Gasteiger charge is 2.45. The van der Waals surface area contributed by atoms with Crippen molar-refractivity contribution < 1.29 is 18.4 Å². The maximum Gasteiger partial charge on any atom is 0.256 e. The highest BCUT2D eigenvalue weighted by atomic mass is 19.2. The van der Waals surface area contributed by atoms with Crippen molar-refractivity contribution in [2.24, 2.45) is 0 Å². The molecule has 5 nitrogen and oxygen atoms in total. The molecule has 4 rings (SSSR count). The Morgan fingerprint density at radius 1 is 1.07 bits per heavy atom. The van der Waals surface area contributed by atoms with E-state index in [1.165, 1.54) is 17.0 Å². The molecule has 28 heavy (non-hydrogen) atoms. The van der Waals surface area contributed by atoms with Crippen molar-refractivity contribution in [2.75, 3.05) is 13.1 Å². The molecule has 2 heterocycles. The molecule has 0 saturated carbocycles. The van der Waals surface area contributed by atoms with Crippen molar-refractivity contribution in [1.82, 2.24) is 15.5 Å². The molecule has 2 amide bonds. The third-order valence-electron chi connectivity index (χ3n) is 5.50. The van der Waals surface area contributed by atoms with E-state index in [2.05, 4.69) is 10.6 Å². The summed E-state index contributed by atoms with van der Waals surface area (Å²) in [5, 5.41) is 6.43. The van der Waals surface area contributed by atoms with Crippen molar-refractivity contribution >= 4 is 11.8 Å². The van der Waals surface area contributed by atoms with Gasteiger partial charge < -0.3 is 10.2 Å². The lowest BCUT2D eigenvalue weighted by Crippen LogP contribution is -2.58. The minimum absolute atomic E-state index is 0.0557. The summed E-state index contributed by atoms with van der Waals surface area (Å²) in [5.74, 6) is -2.74. The number of likely N-dealkylation sites (tertiary alicyclic amines) is 1. The summed E-state index contributed by atoms with van der Waals surface area (Å²) in [6, 6.07) is 13.0. The summed E-state index contributed by atoms with van der Waals surface area (Å²) in [7, 11) is 0. The molecule has 1 atom stereocenters. The lowest BCUT2D eigenvalue weighted by atomic mass is 9.96. The van der Waals surface area contributed by atoms with Crippen LogP contribution in [0.2, 0.25) is 0 Å². The predicted molar refractivity (Wildman–Crippen MR) is 99.4 cm³/mol. The second-order valence-electron chi connectivity index (χ2n) is 7.35. The predicted octanol–water partition coefficient (Wildman–Crippen LogP) is 2.23. The van der Waals surface area contributed by atoms with Gasteiger partial charge in [-0.05, 0) is 24.1 Å². The van der Waals surface area contributed by atoms with Gasteiger partial charge >= 0.3 is 0 Å². The Morgan fingerprint density at radius 3 is 2.50 bits per heavy atom. The Morgan fingerprint density at radius 2 is 1.79 bits per heavy atom. The lowest BCUT2D eigenvalue weighted by Gasteiger charge is -2.39. The summed E-state index contributed by atoms with van der Waals surface area (Å²) in [5.41, 5.74) is 0.246. The first-order valence-electron chi connectivity index (χ1n) is 9.34. The molecule has 7 heteroatoms. The van der Waals surface area contributed by atoms with Gasteiger partial charge in [0.15, 0.2) is 11.6 Å². The second kappa shape index (κ2) is 7.31. The fourth-order valence-electron chi connectivity index (χ4n) is 3.95. The van der Waals surface area contributed by atoms with Crippen LogP contribution in [0.25, 0.3) is 0 Å². The largest absolute Gasteiger partial charge is 0.338 e. The van der Waals surface area contributed by atoms with Crippen LogP contribution in [-0.4, -0.2) is 41.5 Å². The Labute approximate surface area is 161 Å². The first-order chi connectivity index (χ1) is 13.5. The summed E-state index contributed by atoms with van der Waals surface area (Å²) < 4.78 is 27.3. The highest BCUT2D eigenvalue weighted by Crippen LogP contribution is 2.27. The average Bonchev–Trinajstić information content (AvgIpc) is 2.99. The SMILES string of the molecule is O=C1NC2(CCN(C(=O)c3cccc(F)c3F)CC2)NC1Cc1ccccc1. The molecule has 0 aliphatic carbocycles. The standard InChI is InChI=1S/C21H21F2N3O2/c22-16-8-4-7-15(18(16)23)20(28)26-11-9-21(10-12-26)24-17(19(27)25-21)13-14-5-2-1-3-6-14/h1-8,17,24H,9-13H2,(H,25,27). The number of nitrogens with one attached hydrogen (secondary N) is 2. The Hall–Kier alpha value is -2.80. The molecule has 0 bridgehead atoms. The number of benzene rings is 2. The molecule has 2 N–H and O–H groups in total. The highest BCUT2D eigenvalue weighted by molar-refractivity contribution is 5.94. The number of hydrogen-bond donors (Lipinski definition) is 2. The summed E-state index contributed by atoms with van der Waals surface area (Å²) in [4.78, 5) is 26.5. The van der Waals surface area contributed by atoms with Gasteiger partial charge in [-0.3, -0.25) is 14.9 Å². The van der Waals surface area contributed by atoms with E-state index in [1.807, 2.05) is 30.3 Å². The van der Waals surface area contributed by atoms with Gasteiger partial charge in [0.2, 0.25) is 5.91 Å². The van der Waals surface area contributed by atoms with Crippen LogP contribution >= 0.6 is 0 Å². The van der Waals surface area contributed by atoms with Crippen molar-refractivity contribution in [3.63, 3.8) is 0 Å². The van der Waals surface area contributed by atoms with Gasteiger partial charge in [-0.1, -0.05) is 36.4 Å². The molecule has 0 aromatic heterocycles. The fourth-order valence-corrected chi connectivity index (χ4v) is 3.95. The van der Waals surface area contributed by atoms with E-state index >= 15 is 0 Å². The van der Waals surface area contributed by atoms with E-state index in [0.717, 1.165) is 11.6 Å². The number of hydrogen-bond acceptors (Lipinski definition) is 3. The zero-order valence-electron chi connectivity index (χ0n) is 15.3. The first kappa shape index (κ1) is 18.6. The van der Waals surface area contributed by atoms with Gasteiger partial charge in [0, 0.05) is 25.9 Å². The third-order valence-corrected chi connectivity index (χ3v) is 5.50. The van der Waals surface area contributed by atoms with Gasteiger partial charge in [0.05, 0.1) is 17.3 Å². The van der Waals surface area contributed by atoms with Gasteiger partial charge in [0.25, 0.3) is 5.91 Å². The second-order valence-corrected chi connectivity index (χ2v) is 7.35. The Bertz CT molecular complexity index is 896. The van der Waals surface area contributed by atoms with Gasteiger partial charge in [-0.15, -0.1) is 0 Å². The van der Waals surface area contributed by atoms with Gasteiger partial charge in [-0.2, -0.15) is 0 Å². The molecule has 2 aromatic carbocycles. The van der Waals surface area contributed by atoms with Crippen LogP contribution in [0.15, 0.2) is 48.5 Å². The molecular weight excluding hydrogens is 364 g/mol. The molecule has 1 spiro atoms. The molecule has 2 saturated heterocycles. The molecular formula is C21H21F2N3O2. The maximum absolute atomic E-state index is 13.9. The smallest absolute Gasteiger partial charge is 0.256 e. The van der Waals surface area contributed by atoms with Crippen LogP contribution < -0.4 is 10.6 Å². The zero-order valence-corrected chi connectivity index (χ0v) is 15.3. The van der Waals surface area contributed by atoms with Crippen LogP contribution in [-0.2, 0) is 11.2 Å². The quantitative estimate of drug-likeness (QED) is 0.852. The van der Waals surface area contributed by atoms with E-state index < -0.39 is 23.2 Å².